The van der Waals surface area contributed by atoms with Crippen LogP contribution >= 0.6 is 23.1 Å². The van der Waals surface area contributed by atoms with Crippen molar-refractivity contribution >= 4 is 33.3 Å². The summed E-state index contributed by atoms with van der Waals surface area (Å²) in [6.07, 6.45) is 7.26. The van der Waals surface area contributed by atoms with E-state index in [9.17, 15) is 0 Å². The molecule has 106 valence electrons. The van der Waals surface area contributed by atoms with Crippen LogP contribution in [0.5, 0.6) is 5.88 Å². The van der Waals surface area contributed by atoms with E-state index in [-0.39, 0.29) is 0 Å². The van der Waals surface area contributed by atoms with Crippen molar-refractivity contribution in [1.82, 2.24) is 9.97 Å². The average molecular weight is 306 g/mol. The van der Waals surface area contributed by atoms with Crippen molar-refractivity contribution in [2.24, 2.45) is 5.92 Å². The third-order valence-corrected chi connectivity index (χ3v) is 5.32. The van der Waals surface area contributed by atoms with Gasteiger partial charge in [0.2, 0.25) is 5.88 Å². The molecule has 0 unspecified atom stereocenters. The Kier molecular flexibility index (Phi) is 3.98. The van der Waals surface area contributed by atoms with Crippen LogP contribution in [0.15, 0.2) is 17.8 Å². The number of ether oxygens (including phenoxy) is 1. The van der Waals surface area contributed by atoms with Crippen LogP contribution in [0.25, 0.3) is 10.2 Å². The molecule has 0 saturated heterocycles. The summed E-state index contributed by atoms with van der Waals surface area (Å²) in [6, 6.07) is 0. The van der Waals surface area contributed by atoms with Gasteiger partial charge in [0.05, 0.1) is 5.39 Å². The lowest BCUT2D eigenvalue weighted by Gasteiger charge is -2.18. The van der Waals surface area contributed by atoms with Crippen molar-refractivity contribution in [3.63, 3.8) is 0 Å². The summed E-state index contributed by atoms with van der Waals surface area (Å²) in [5.41, 5.74) is 1.41. The SMILES string of the molecule is C=CCOc1nc(SC)nc2sc3c(c12)CC[C@@H](C)C3. The van der Waals surface area contributed by atoms with E-state index in [2.05, 4.69) is 23.5 Å². The number of aromatic nitrogens is 2. The maximum absolute atomic E-state index is 5.79. The quantitative estimate of drug-likeness (QED) is 0.484. The van der Waals surface area contributed by atoms with Gasteiger partial charge in [0.25, 0.3) is 0 Å². The summed E-state index contributed by atoms with van der Waals surface area (Å²) in [5.74, 6) is 1.49. The van der Waals surface area contributed by atoms with Crippen molar-refractivity contribution in [3.8, 4) is 5.88 Å². The Labute approximate surface area is 127 Å². The number of nitrogens with zero attached hydrogens (tertiary/aromatic N) is 2. The van der Waals surface area contributed by atoms with Crippen LogP contribution in [-0.4, -0.2) is 22.8 Å². The molecule has 5 heteroatoms. The third kappa shape index (κ3) is 2.44. The average Bonchev–Trinajstić information content (AvgIpc) is 2.81. The molecule has 0 saturated carbocycles. The van der Waals surface area contributed by atoms with E-state index in [1.54, 1.807) is 17.8 Å². The zero-order valence-corrected chi connectivity index (χ0v) is 13.4. The van der Waals surface area contributed by atoms with Crippen molar-refractivity contribution in [2.75, 3.05) is 12.9 Å². The van der Waals surface area contributed by atoms with Gasteiger partial charge in [-0.15, -0.1) is 11.3 Å². The number of thiophene rings is 1. The van der Waals surface area contributed by atoms with Crippen molar-refractivity contribution < 1.29 is 4.74 Å². The molecule has 2 aromatic rings. The van der Waals surface area contributed by atoms with Crippen LogP contribution in [0, 0.1) is 5.92 Å². The lowest BCUT2D eigenvalue weighted by molar-refractivity contribution is 0.349. The van der Waals surface area contributed by atoms with Crippen LogP contribution in [0.3, 0.4) is 0 Å². The van der Waals surface area contributed by atoms with E-state index in [1.807, 2.05) is 17.6 Å². The van der Waals surface area contributed by atoms with Crippen molar-refractivity contribution in [2.45, 2.75) is 31.3 Å². The Bertz CT molecular complexity index is 651. The maximum Gasteiger partial charge on any atom is 0.226 e. The fourth-order valence-electron chi connectivity index (χ4n) is 2.62. The van der Waals surface area contributed by atoms with Gasteiger partial charge in [0.15, 0.2) is 5.16 Å². The molecular weight excluding hydrogens is 288 g/mol. The number of hydrogen-bond acceptors (Lipinski definition) is 5. The second kappa shape index (κ2) is 5.74. The molecule has 1 aliphatic rings. The van der Waals surface area contributed by atoms with Gasteiger partial charge < -0.3 is 4.74 Å². The third-order valence-electron chi connectivity index (χ3n) is 3.62. The smallest absolute Gasteiger partial charge is 0.226 e. The molecule has 0 aromatic carbocycles. The van der Waals surface area contributed by atoms with E-state index in [0.29, 0.717) is 6.61 Å². The summed E-state index contributed by atoms with van der Waals surface area (Å²) < 4.78 is 5.79. The van der Waals surface area contributed by atoms with Crippen LogP contribution in [-0.2, 0) is 12.8 Å². The molecule has 0 amide bonds. The van der Waals surface area contributed by atoms with E-state index in [1.165, 1.54) is 16.9 Å². The lowest BCUT2D eigenvalue weighted by Crippen LogP contribution is -2.09. The number of rotatable bonds is 4. The highest BCUT2D eigenvalue weighted by molar-refractivity contribution is 7.98. The number of aryl methyl sites for hydroxylation is 1. The van der Waals surface area contributed by atoms with Gasteiger partial charge in [-0.2, -0.15) is 4.98 Å². The highest BCUT2D eigenvalue weighted by Crippen LogP contribution is 2.41. The second-order valence-corrected chi connectivity index (χ2v) is 7.00. The van der Waals surface area contributed by atoms with Gasteiger partial charge in [-0.3, -0.25) is 0 Å². The normalized spacial score (nSPS) is 18.0. The minimum absolute atomic E-state index is 0.487. The Balaban J connectivity index is 2.16. The molecule has 0 bridgehead atoms. The highest BCUT2D eigenvalue weighted by Gasteiger charge is 2.24. The monoisotopic (exact) mass is 306 g/mol. The highest BCUT2D eigenvalue weighted by atomic mass is 32.2. The predicted molar refractivity (Wildman–Crippen MR) is 86.1 cm³/mol. The number of fused-ring (bicyclic) bond motifs is 3. The molecule has 0 fully saturated rings. The summed E-state index contributed by atoms with van der Waals surface area (Å²) in [4.78, 5) is 11.7. The molecular formula is C15H18N2OS2. The van der Waals surface area contributed by atoms with Gasteiger partial charge >= 0.3 is 0 Å². The fourth-order valence-corrected chi connectivity index (χ4v) is 4.41. The number of thioether (sulfide) groups is 1. The largest absolute Gasteiger partial charge is 0.473 e. The first-order valence-electron chi connectivity index (χ1n) is 6.83. The molecule has 0 N–H and O–H groups in total. The molecule has 1 atom stereocenters. The van der Waals surface area contributed by atoms with Gasteiger partial charge in [-0.1, -0.05) is 31.3 Å². The molecule has 1 aliphatic carbocycles. The molecule has 2 heterocycles. The second-order valence-electron chi connectivity index (χ2n) is 5.15. The van der Waals surface area contributed by atoms with Gasteiger partial charge in [-0.25, -0.2) is 4.98 Å². The Hall–Kier alpha value is -1.07. The minimum atomic E-state index is 0.487. The van der Waals surface area contributed by atoms with Gasteiger partial charge in [0.1, 0.15) is 11.4 Å². The van der Waals surface area contributed by atoms with Crippen LogP contribution in [0.4, 0.5) is 0 Å². The zero-order valence-electron chi connectivity index (χ0n) is 11.8. The molecule has 2 aromatic heterocycles. The molecule has 0 spiro atoms. The van der Waals surface area contributed by atoms with E-state index < -0.39 is 0 Å². The molecule has 20 heavy (non-hydrogen) atoms. The Morgan fingerprint density at radius 2 is 2.35 bits per heavy atom. The minimum Gasteiger partial charge on any atom is -0.473 e. The molecule has 3 nitrogen and oxygen atoms in total. The van der Waals surface area contributed by atoms with E-state index in [4.69, 9.17) is 4.74 Å². The van der Waals surface area contributed by atoms with Gasteiger partial charge in [0, 0.05) is 4.88 Å². The van der Waals surface area contributed by atoms with Crippen molar-refractivity contribution in [3.05, 3.63) is 23.1 Å². The lowest BCUT2D eigenvalue weighted by atomic mass is 9.89. The van der Waals surface area contributed by atoms with E-state index in [0.717, 1.165) is 40.0 Å². The first-order chi connectivity index (χ1) is 9.72. The van der Waals surface area contributed by atoms with Crippen LogP contribution < -0.4 is 4.74 Å². The first kappa shape index (κ1) is 13.9. The fraction of sp³-hybridized carbons (Fsp3) is 0.467. The summed E-state index contributed by atoms with van der Waals surface area (Å²) in [6.45, 7) is 6.52. The Morgan fingerprint density at radius 3 is 3.10 bits per heavy atom. The summed E-state index contributed by atoms with van der Waals surface area (Å²) in [7, 11) is 0. The van der Waals surface area contributed by atoms with Crippen LogP contribution in [0.2, 0.25) is 0 Å². The van der Waals surface area contributed by atoms with Crippen molar-refractivity contribution in [1.29, 1.82) is 0 Å². The predicted octanol–water partition coefficient (Wildman–Crippen LogP) is 4.10. The summed E-state index contributed by atoms with van der Waals surface area (Å²) in [5, 5.41) is 1.92. The first-order valence-corrected chi connectivity index (χ1v) is 8.87. The molecule has 3 rings (SSSR count). The van der Waals surface area contributed by atoms with Gasteiger partial charge in [-0.05, 0) is 37.0 Å². The molecule has 0 aliphatic heterocycles. The van der Waals surface area contributed by atoms with Crippen LogP contribution in [0.1, 0.15) is 23.8 Å². The topological polar surface area (TPSA) is 35.0 Å². The zero-order chi connectivity index (χ0) is 14.1. The number of hydrogen-bond donors (Lipinski definition) is 0. The molecule has 0 radical (unpaired) electrons. The maximum atomic E-state index is 5.79. The standard InChI is InChI=1S/C15H18N2OS2/c1-4-7-18-13-12-10-6-5-9(2)8-11(10)20-14(12)17-15(16-13)19-3/h4,9H,1,5-8H2,2-3H3/t9-/m1/s1. The van der Waals surface area contributed by atoms with E-state index >= 15 is 0 Å². The Morgan fingerprint density at radius 1 is 1.50 bits per heavy atom. The summed E-state index contributed by atoms with van der Waals surface area (Å²) >= 11 is 3.37.